The van der Waals surface area contributed by atoms with Gasteiger partial charge in [-0.1, -0.05) is 6.07 Å². The van der Waals surface area contributed by atoms with Crippen LogP contribution in [0.2, 0.25) is 0 Å². The van der Waals surface area contributed by atoms with Gasteiger partial charge in [-0.2, -0.15) is 11.8 Å². The molecule has 0 unspecified atom stereocenters. The number of ether oxygens (including phenoxy) is 2. The van der Waals surface area contributed by atoms with E-state index in [9.17, 15) is 4.79 Å². The number of hydrogen-bond acceptors (Lipinski definition) is 4. The minimum atomic E-state index is -0.759. The Kier molecular flexibility index (Phi) is 5.69. The molecule has 0 aliphatic rings. The lowest BCUT2D eigenvalue weighted by Crippen LogP contribution is -1.96. The number of carboxylic acid groups (broad SMARTS) is 1. The average Bonchev–Trinajstić information content (AvgIpc) is 2.34. The van der Waals surface area contributed by atoms with Gasteiger partial charge in [0.25, 0.3) is 0 Å². The number of thioether (sulfide) groups is 1. The zero-order valence-corrected chi connectivity index (χ0v) is 10.8. The molecule has 0 aliphatic carbocycles. The average molecular weight is 256 g/mol. The van der Waals surface area contributed by atoms with Crippen molar-refractivity contribution in [3.63, 3.8) is 0 Å². The molecule has 94 valence electrons. The third kappa shape index (κ3) is 4.56. The summed E-state index contributed by atoms with van der Waals surface area (Å²) < 4.78 is 10.3. The largest absolute Gasteiger partial charge is 0.493 e. The van der Waals surface area contributed by atoms with Crippen LogP contribution in [0.1, 0.15) is 12.0 Å². The molecule has 0 heterocycles. The second-order valence-electron chi connectivity index (χ2n) is 3.39. The molecule has 0 saturated heterocycles. The molecule has 0 spiro atoms. The van der Waals surface area contributed by atoms with Crippen LogP contribution >= 0.6 is 11.8 Å². The number of hydrogen-bond donors (Lipinski definition) is 1. The van der Waals surface area contributed by atoms with Gasteiger partial charge in [0.05, 0.1) is 20.6 Å². The van der Waals surface area contributed by atoms with E-state index in [0.717, 1.165) is 11.3 Å². The number of carboxylic acids is 1. The van der Waals surface area contributed by atoms with E-state index in [1.165, 1.54) is 0 Å². The summed E-state index contributed by atoms with van der Waals surface area (Å²) in [6, 6.07) is 5.72. The van der Waals surface area contributed by atoms with Gasteiger partial charge in [-0.25, -0.2) is 0 Å². The van der Waals surface area contributed by atoms with Gasteiger partial charge >= 0.3 is 5.97 Å². The number of carbonyl (C=O) groups is 1. The van der Waals surface area contributed by atoms with Crippen molar-refractivity contribution in [3.8, 4) is 11.5 Å². The lowest BCUT2D eigenvalue weighted by Gasteiger charge is -2.09. The summed E-state index contributed by atoms with van der Waals surface area (Å²) >= 11 is 1.59. The summed E-state index contributed by atoms with van der Waals surface area (Å²) in [5.74, 6) is 2.03. The van der Waals surface area contributed by atoms with Crippen LogP contribution in [-0.2, 0) is 10.5 Å². The van der Waals surface area contributed by atoms with Crippen molar-refractivity contribution in [1.82, 2.24) is 0 Å². The van der Waals surface area contributed by atoms with Gasteiger partial charge in [0, 0.05) is 11.5 Å². The van der Waals surface area contributed by atoms with E-state index < -0.39 is 5.97 Å². The normalized spacial score (nSPS) is 10.0. The molecular formula is C12H16O4S. The molecule has 0 aliphatic heterocycles. The van der Waals surface area contributed by atoms with Crippen molar-refractivity contribution in [1.29, 1.82) is 0 Å². The molecule has 4 nitrogen and oxygen atoms in total. The van der Waals surface area contributed by atoms with Crippen LogP contribution in [0.3, 0.4) is 0 Å². The summed E-state index contributed by atoms with van der Waals surface area (Å²) in [7, 11) is 3.19. The summed E-state index contributed by atoms with van der Waals surface area (Å²) in [6.45, 7) is 0. The third-order valence-electron chi connectivity index (χ3n) is 2.18. The zero-order chi connectivity index (χ0) is 12.7. The highest BCUT2D eigenvalue weighted by molar-refractivity contribution is 7.98. The number of aliphatic carboxylic acids is 1. The Morgan fingerprint density at radius 2 is 2.00 bits per heavy atom. The van der Waals surface area contributed by atoms with E-state index in [-0.39, 0.29) is 6.42 Å². The van der Waals surface area contributed by atoms with Crippen molar-refractivity contribution in [2.24, 2.45) is 0 Å². The second kappa shape index (κ2) is 7.06. The SMILES string of the molecule is COc1ccc(CSCCC(=O)O)cc1OC. The van der Waals surface area contributed by atoms with Crippen molar-refractivity contribution >= 4 is 17.7 Å². The molecule has 0 fully saturated rings. The molecule has 17 heavy (non-hydrogen) atoms. The molecule has 5 heteroatoms. The molecular weight excluding hydrogens is 240 g/mol. The van der Waals surface area contributed by atoms with Gasteiger partial charge < -0.3 is 14.6 Å². The van der Waals surface area contributed by atoms with Crippen LogP contribution in [0.25, 0.3) is 0 Å². The van der Waals surface area contributed by atoms with Crippen LogP contribution in [0.15, 0.2) is 18.2 Å². The maximum atomic E-state index is 10.3. The Labute approximate surface area is 105 Å². The van der Waals surface area contributed by atoms with E-state index in [1.807, 2.05) is 18.2 Å². The Morgan fingerprint density at radius 3 is 2.59 bits per heavy atom. The molecule has 0 amide bonds. The first-order valence-electron chi connectivity index (χ1n) is 5.17. The first-order chi connectivity index (χ1) is 8.17. The van der Waals surface area contributed by atoms with Crippen molar-refractivity contribution in [2.75, 3.05) is 20.0 Å². The topological polar surface area (TPSA) is 55.8 Å². The number of methoxy groups -OCH3 is 2. The first kappa shape index (κ1) is 13.7. The Hall–Kier alpha value is -1.36. The van der Waals surface area contributed by atoms with Gasteiger partial charge in [-0.3, -0.25) is 4.79 Å². The van der Waals surface area contributed by atoms with Crippen molar-refractivity contribution in [2.45, 2.75) is 12.2 Å². The minimum absolute atomic E-state index is 0.192. The maximum Gasteiger partial charge on any atom is 0.304 e. The Balaban J connectivity index is 2.51. The van der Waals surface area contributed by atoms with Crippen LogP contribution < -0.4 is 9.47 Å². The predicted octanol–water partition coefficient (Wildman–Crippen LogP) is 2.41. The standard InChI is InChI=1S/C12H16O4S/c1-15-10-4-3-9(7-11(10)16-2)8-17-6-5-12(13)14/h3-4,7H,5-6,8H2,1-2H3,(H,13,14). The maximum absolute atomic E-state index is 10.3. The quantitative estimate of drug-likeness (QED) is 0.759. The summed E-state index contributed by atoms with van der Waals surface area (Å²) in [6.07, 6.45) is 0.192. The molecule has 1 aromatic rings. The molecule has 1 aromatic carbocycles. The molecule has 0 atom stereocenters. The smallest absolute Gasteiger partial charge is 0.304 e. The highest BCUT2D eigenvalue weighted by Gasteiger charge is 2.04. The molecule has 0 radical (unpaired) electrons. The van der Waals surface area contributed by atoms with E-state index in [4.69, 9.17) is 14.6 Å². The summed E-state index contributed by atoms with van der Waals surface area (Å²) in [5, 5.41) is 8.51. The third-order valence-corrected chi connectivity index (χ3v) is 3.21. The Bertz CT molecular complexity index is 379. The fourth-order valence-electron chi connectivity index (χ4n) is 1.32. The molecule has 1 rings (SSSR count). The lowest BCUT2D eigenvalue weighted by atomic mass is 10.2. The molecule has 0 saturated carbocycles. The zero-order valence-electron chi connectivity index (χ0n) is 9.93. The number of benzene rings is 1. The molecule has 0 bridgehead atoms. The van der Waals surface area contributed by atoms with Gasteiger partial charge in [-0.15, -0.1) is 0 Å². The van der Waals surface area contributed by atoms with E-state index in [2.05, 4.69) is 0 Å². The van der Waals surface area contributed by atoms with Gasteiger partial charge in [0.1, 0.15) is 0 Å². The van der Waals surface area contributed by atoms with Gasteiger partial charge in [-0.05, 0) is 17.7 Å². The summed E-state index contributed by atoms with van der Waals surface area (Å²) in [4.78, 5) is 10.3. The van der Waals surface area contributed by atoms with Crippen molar-refractivity contribution < 1.29 is 19.4 Å². The molecule has 1 N–H and O–H groups in total. The fourth-order valence-corrected chi connectivity index (χ4v) is 2.20. The minimum Gasteiger partial charge on any atom is -0.493 e. The lowest BCUT2D eigenvalue weighted by molar-refractivity contribution is -0.136. The highest BCUT2D eigenvalue weighted by atomic mass is 32.2. The van der Waals surface area contributed by atoms with E-state index in [0.29, 0.717) is 17.3 Å². The predicted molar refractivity (Wildman–Crippen MR) is 68.0 cm³/mol. The van der Waals surface area contributed by atoms with Crippen LogP contribution in [0.5, 0.6) is 11.5 Å². The second-order valence-corrected chi connectivity index (χ2v) is 4.49. The van der Waals surface area contributed by atoms with Crippen molar-refractivity contribution in [3.05, 3.63) is 23.8 Å². The van der Waals surface area contributed by atoms with Crippen LogP contribution in [-0.4, -0.2) is 31.0 Å². The van der Waals surface area contributed by atoms with E-state index in [1.54, 1.807) is 26.0 Å². The number of rotatable bonds is 7. The van der Waals surface area contributed by atoms with Crippen LogP contribution in [0.4, 0.5) is 0 Å². The van der Waals surface area contributed by atoms with Gasteiger partial charge in [0.2, 0.25) is 0 Å². The van der Waals surface area contributed by atoms with E-state index >= 15 is 0 Å². The monoisotopic (exact) mass is 256 g/mol. The first-order valence-corrected chi connectivity index (χ1v) is 6.33. The Morgan fingerprint density at radius 1 is 1.29 bits per heavy atom. The molecule has 0 aromatic heterocycles. The van der Waals surface area contributed by atoms with Crippen LogP contribution in [0, 0.1) is 0 Å². The fraction of sp³-hybridized carbons (Fsp3) is 0.417. The highest BCUT2D eigenvalue weighted by Crippen LogP contribution is 2.29. The summed E-state index contributed by atoms with van der Waals surface area (Å²) in [5.41, 5.74) is 1.10. The van der Waals surface area contributed by atoms with Gasteiger partial charge in [0.15, 0.2) is 11.5 Å².